The van der Waals surface area contributed by atoms with Crippen molar-refractivity contribution in [1.82, 2.24) is 5.32 Å². The minimum absolute atomic E-state index is 0.0000348. The molecule has 0 bridgehead atoms. The molecule has 3 aliphatic rings. The van der Waals surface area contributed by atoms with Gasteiger partial charge in [0.1, 0.15) is 23.4 Å². The molecule has 2 aromatic carbocycles. The molecule has 0 aromatic heterocycles. The molecule has 0 saturated heterocycles. The summed E-state index contributed by atoms with van der Waals surface area (Å²) in [6, 6.07) is 9.07. The van der Waals surface area contributed by atoms with E-state index in [0.717, 1.165) is 5.41 Å². The summed E-state index contributed by atoms with van der Waals surface area (Å²) in [6.45, 7) is 3.12. The minimum Gasteiger partial charge on any atom is -0.508 e. The number of allylic oxidation sites excluding steroid dienone is 1. The Bertz CT molecular complexity index is 1440. The van der Waals surface area contributed by atoms with Crippen LogP contribution in [-0.2, 0) is 20.2 Å². The summed E-state index contributed by atoms with van der Waals surface area (Å²) in [5, 5.41) is 23.4. The number of hydrogen-bond acceptors (Lipinski definition) is 8. The van der Waals surface area contributed by atoms with E-state index in [9.17, 15) is 28.2 Å². The molecule has 10 heteroatoms. The van der Waals surface area contributed by atoms with Crippen molar-refractivity contribution in [2.45, 2.75) is 11.7 Å². The van der Waals surface area contributed by atoms with Gasteiger partial charge in [-0.25, -0.2) is 13.2 Å². The number of sulfone groups is 1. The van der Waals surface area contributed by atoms with Gasteiger partial charge in [-0.1, -0.05) is 18.7 Å². The van der Waals surface area contributed by atoms with Gasteiger partial charge in [0.2, 0.25) is 0 Å². The molecule has 1 amide bonds. The van der Waals surface area contributed by atoms with E-state index in [-0.39, 0.29) is 34.9 Å². The third-order valence-electron chi connectivity index (χ3n) is 6.34. The Morgan fingerprint density at radius 3 is 2.71 bits per heavy atom. The molecule has 3 N–H and O–H groups in total. The van der Waals surface area contributed by atoms with E-state index in [4.69, 9.17) is 9.47 Å². The Morgan fingerprint density at radius 1 is 1.17 bits per heavy atom. The quantitative estimate of drug-likeness (QED) is 0.538. The molecular formula is C25H21NO8S. The van der Waals surface area contributed by atoms with Crippen LogP contribution in [0.4, 0.5) is 0 Å². The second kappa shape index (κ2) is 8.02. The summed E-state index contributed by atoms with van der Waals surface area (Å²) >= 11 is 0. The zero-order valence-electron chi connectivity index (χ0n) is 18.3. The van der Waals surface area contributed by atoms with Crippen LogP contribution < -0.4 is 10.1 Å². The molecule has 0 radical (unpaired) electrons. The average molecular weight is 496 g/mol. The first kappa shape index (κ1) is 22.7. The normalized spacial score (nSPS) is 23.9. The summed E-state index contributed by atoms with van der Waals surface area (Å²) in [5.41, 5.74) is 0.0789. The predicted molar refractivity (Wildman–Crippen MR) is 125 cm³/mol. The molecule has 9 nitrogen and oxygen atoms in total. The number of aliphatic hydroxyl groups is 1. The highest BCUT2D eigenvalue weighted by Crippen LogP contribution is 2.56. The van der Waals surface area contributed by atoms with Crippen LogP contribution in [0.25, 0.3) is 0 Å². The number of benzene rings is 2. The molecule has 35 heavy (non-hydrogen) atoms. The van der Waals surface area contributed by atoms with E-state index in [1.54, 1.807) is 18.2 Å². The number of carbonyl (C=O) groups excluding carboxylic acids is 2. The second-order valence-electron chi connectivity index (χ2n) is 8.41. The topological polar surface area (TPSA) is 139 Å². The Balaban J connectivity index is 1.55. The largest absolute Gasteiger partial charge is 0.508 e. The number of ether oxygens (including phenoxy) is 2. The molecule has 1 aliphatic carbocycles. The number of fused-ring (bicyclic) bond motifs is 6. The number of aliphatic hydroxyl groups excluding tert-OH is 1. The molecule has 0 fully saturated rings. The minimum atomic E-state index is -3.46. The number of rotatable bonds is 5. The van der Waals surface area contributed by atoms with Crippen LogP contribution >= 0.6 is 0 Å². The van der Waals surface area contributed by atoms with Gasteiger partial charge in [-0.2, -0.15) is 0 Å². The molecule has 2 heterocycles. The van der Waals surface area contributed by atoms with Crippen LogP contribution in [0.2, 0.25) is 0 Å². The van der Waals surface area contributed by atoms with E-state index in [0.29, 0.717) is 16.9 Å². The zero-order valence-corrected chi connectivity index (χ0v) is 19.1. The Morgan fingerprint density at radius 2 is 1.94 bits per heavy atom. The third-order valence-corrected chi connectivity index (χ3v) is 7.62. The van der Waals surface area contributed by atoms with Crippen molar-refractivity contribution in [3.05, 3.63) is 94.6 Å². The zero-order chi connectivity index (χ0) is 25.0. The van der Waals surface area contributed by atoms with Crippen molar-refractivity contribution in [3.63, 3.8) is 0 Å². The maximum absolute atomic E-state index is 13.1. The van der Waals surface area contributed by atoms with Gasteiger partial charge in [-0.3, -0.25) is 4.79 Å². The fourth-order valence-electron chi connectivity index (χ4n) is 4.73. The number of aromatic hydroxyl groups is 1. The van der Waals surface area contributed by atoms with E-state index in [1.165, 1.54) is 36.4 Å². The molecule has 0 saturated carbocycles. The standard InChI is InChI=1S/C25H21NO8S/c1-2-35(31,32)10-9-26-23(29)14-3-6-18-17(11-14)24(30)34-25(18)19-7-4-15(27)12-21(19)33-22-13-16(28)5-8-20(22)25/h2-8,11-13,19,21,27-28H,1,9-10H2,(H,26,29). The maximum atomic E-state index is 13.1. The summed E-state index contributed by atoms with van der Waals surface area (Å²) in [4.78, 5) is 25.7. The van der Waals surface area contributed by atoms with Gasteiger partial charge in [-0.15, -0.1) is 0 Å². The maximum Gasteiger partial charge on any atom is 0.339 e. The smallest absolute Gasteiger partial charge is 0.339 e. The van der Waals surface area contributed by atoms with Gasteiger partial charge in [0.15, 0.2) is 15.4 Å². The van der Waals surface area contributed by atoms with Gasteiger partial charge >= 0.3 is 5.97 Å². The molecule has 3 unspecified atom stereocenters. The first-order valence-corrected chi connectivity index (χ1v) is 12.5. The van der Waals surface area contributed by atoms with Crippen LogP contribution in [-0.4, -0.2) is 48.9 Å². The lowest BCUT2D eigenvalue weighted by atomic mass is 9.70. The molecule has 5 rings (SSSR count). The second-order valence-corrected chi connectivity index (χ2v) is 10.5. The first-order chi connectivity index (χ1) is 16.6. The number of phenolic OH excluding ortho intramolecular Hbond substituents is 1. The van der Waals surface area contributed by atoms with Gasteiger partial charge in [-0.05, 0) is 36.4 Å². The van der Waals surface area contributed by atoms with E-state index in [1.807, 2.05) is 0 Å². The van der Waals surface area contributed by atoms with Gasteiger partial charge in [0, 0.05) is 34.7 Å². The van der Waals surface area contributed by atoms with Crippen molar-refractivity contribution < 1.29 is 37.7 Å². The molecule has 1 spiro atoms. The predicted octanol–water partition coefficient (Wildman–Crippen LogP) is 2.48. The van der Waals surface area contributed by atoms with Crippen LogP contribution in [0.1, 0.15) is 31.8 Å². The number of hydrogen-bond donors (Lipinski definition) is 3. The van der Waals surface area contributed by atoms with Gasteiger partial charge < -0.3 is 25.0 Å². The number of phenols is 1. The molecule has 2 aromatic rings. The van der Waals surface area contributed by atoms with E-state index < -0.39 is 39.3 Å². The summed E-state index contributed by atoms with van der Waals surface area (Å²) in [5.74, 6) is -1.73. The van der Waals surface area contributed by atoms with Gasteiger partial charge in [0.25, 0.3) is 5.91 Å². The van der Waals surface area contributed by atoms with E-state index >= 15 is 0 Å². The first-order valence-electron chi connectivity index (χ1n) is 10.7. The number of nitrogens with one attached hydrogen (secondary N) is 1. The highest BCUT2D eigenvalue weighted by atomic mass is 32.2. The SMILES string of the molecule is C=CS(=O)(=O)CCNC(=O)c1ccc2c(c1)C(=O)OC21c2ccc(O)cc2OC2C=C(O)C=CC21. The molecular weight excluding hydrogens is 474 g/mol. The van der Waals surface area contributed by atoms with Crippen LogP contribution in [0.15, 0.2) is 72.4 Å². The van der Waals surface area contributed by atoms with Crippen LogP contribution in [0, 0.1) is 5.92 Å². The third kappa shape index (κ3) is 3.66. The van der Waals surface area contributed by atoms with Gasteiger partial charge in [0.05, 0.1) is 17.2 Å². The van der Waals surface area contributed by atoms with Crippen molar-refractivity contribution in [2.75, 3.05) is 12.3 Å². The monoisotopic (exact) mass is 495 g/mol. The highest BCUT2D eigenvalue weighted by Gasteiger charge is 2.58. The average Bonchev–Trinajstić information content (AvgIpc) is 3.10. The fraction of sp³-hybridized carbons (Fsp3) is 0.200. The fourth-order valence-corrected chi connectivity index (χ4v) is 5.28. The number of amides is 1. The lowest BCUT2D eigenvalue weighted by Crippen LogP contribution is -2.48. The van der Waals surface area contributed by atoms with Crippen molar-refractivity contribution in [1.29, 1.82) is 0 Å². The summed E-state index contributed by atoms with van der Waals surface area (Å²) in [7, 11) is -3.46. The van der Waals surface area contributed by atoms with E-state index in [2.05, 4.69) is 11.9 Å². The molecule has 180 valence electrons. The van der Waals surface area contributed by atoms with Crippen LogP contribution in [0.3, 0.4) is 0 Å². The van der Waals surface area contributed by atoms with Crippen molar-refractivity contribution >= 4 is 21.7 Å². The molecule has 3 atom stereocenters. The summed E-state index contributed by atoms with van der Waals surface area (Å²) in [6.07, 6.45) is 4.04. The Labute approximate surface area is 200 Å². The molecule has 2 aliphatic heterocycles. The van der Waals surface area contributed by atoms with Crippen molar-refractivity contribution in [3.8, 4) is 11.5 Å². The van der Waals surface area contributed by atoms with Crippen LogP contribution in [0.5, 0.6) is 11.5 Å². The lowest BCUT2D eigenvalue weighted by Gasteiger charge is -2.44. The number of esters is 1. The number of carbonyl (C=O) groups is 2. The Kier molecular flexibility index (Phi) is 5.21. The summed E-state index contributed by atoms with van der Waals surface area (Å²) < 4.78 is 35.2. The lowest BCUT2D eigenvalue weighted by molar-refractivity contribution is -0.0424. The highest BCUT2D eigenvalue weighted by molar-refractivity contribution is 7.94. The van der Waals surface area contributed by atoms with Crippen molar-refractivity contribution in [2.24, 2.45) is 5.92 Å². The Hall–Kier alpha value is -4.05.